The minimum Gasteiger partial charge on any atom is -0.457 e. The number of aryl methyl sites for hydroxylation is 1. The van der Waals surface area contributed by atoms with Crippen LogP contribution in [0.3, 0.4) is 0 Å². The van der Waals surface area contributed by atoms with Gasteiger partial charge >= 0.3 is 5.97 Å². The lowest BCUT2D eigenvalue weighted by Crippen LogP contribution is -2.54. The monoisotopic (exact) mass is 557 g/mol. The SMILES string of the molecule is C=CC[C@H]1C(=O)C2(CCC2)[C@@H](O)CC(=O)O[C@H](c2ccc3sc(C)nc3c2)C[C@@H]2O[C@]2(C)CCO[C@H](C)[C@H]1O. The highest BCUT2D eigenvalue weighted by Crippen LogP contribution is 2.49. The highest BCUT2D eigenvalue weighted by molar-refractivity contribution is 7.18. The number of rotatable bonds is 3. The van der Waals surface area contributed by atoms with E-state index in [0.717, 1.165) is 27.2 Å². The van der Waals surface area contributed by atoms with Crippen LogP contribution in [0.2, 0.25) is 0 Å². The second-order valence-corrected chi connectivity index (χ2v) is 12.9. The Morgan fingerprint density at radius 2 is 2.00 bits per heavy atom. The first-order valence-corrected chi connectivity index (χ1v) is 14.8. The van der Waals surface area contributed by atoms with Crippen LogP contribution in [-0.4, -0.2) is 63.6 Å². The number of hydrogen-bond donors (Lipinski definition) is 2. The molecule has 2 aliphatic heterocycles. The van der Waals surface area contributed by atoms with Crippen molar-refractivity contribution in [3.05, 3.63) is 41.4 Å². The van der Waals surface area contributed by atoms with E-state index in [1.54, 1.807) is 24.3 Å². The van der Waals surface area contributed by atoms with Crippen molar-refractivity contribution < 1.29 is 34.0 Å². The Morgan fingerprint density at radius 1 is 1.23 bits per heavy atom. The van der Waals surface area contributed by atoms with Gasteiger partial charge in [-0.1, -0.05) is 18.6 Å². The van der Waals surface area contributed by atoms with Crippen molar-refractivity contribution >= 4 is 33.3 Å². The number of nitrogens with zero attached hydrogens (tertiary/aromatic N) is 1. The van der Waals surface area contributed by atoms with Crippen molar-refractivity contribution in [3.8, 4) is 0 Å². The fraction of sp³-hybridized carbons (Fsp3) is 0.633. The molecule has 1 aromatic carbocycles. The summed E-state index contributed by atoms with van der Waals surface area (Å²) in [6, 6.07) is 5.90. The van der Waals surface area contributed by atoms with E-state index in [1.807, 2.05) is 32.0 Å². The predicted molar refractivity (Wildman–Crippen MR) is 147 cm³/mol. The summed E-state index contributed by atoms with van der Waals surface area (Å²) in [6.45, 7) is 9.85. The van der Waals surface area contributed by atoms with Crippen molar-refractivity contribution in [1.82, 2.24) is 4.98 Å². The van der Waals surface area contributed by atoms with Gasteiger partial charge in [-0.3, -0.25) is 9.59 Å². The van der Waals surface area contributed by atoms with E-state index < -0.39 is 47.3 Å². The van der Waals surface area contributed by atoms with Crippen molar-refractivity contribution in [2.75, 3.05) is 6.61 Å². The molecule has 1 saturated carbocycles. The molecule has 1 aliphatic carbocycles. The van der Waals surface area contributed by atoms with Crippen LogP contribution in [-0.2, 0) is 23.8 Å². The molecule has 2 saturated heterocycles. The molecule has 0 unspecified atom stereocenters. The van der Waals surface area contributed by atoms with Gasteiger partial charge in [0.2, 0.25) is 0 Å². The number of carbonyl (C=O) groups excluding carboxylic acids is 2. The zero-order valence-electron chi connectivity index (χ0n) is 22.9. The summed E-state index contributed by atoms with van der Waals surface area (Å²) in [6.07, 6.45) is 0.749. The minimum absolute atomic E-state index is 0.141. The van der Waals surface area contributed by atoms with Gasteiger partial charge in [-0.05, 0) is 57.7 Å². The topological polar surface area (TPSA) is 118 Å². The molecule has 9 heteroatoms. The van der Waals surface area contributed by atoms with E-state index in [4.69, 9.17) is 14.2 Å². The number of hydrogen-bond acceptors (Lipinski definition) is 9. The molecule has 1 spiro atoms. The molecular weight excluding hydrogens is 518 g/mol. The van der Waals surface area contributed by atoms with E-state index in [2.05, 4.69) is 11.6 Å². The number of ketones is 1. The molecule has 0 radical (unpaired) electrons. The maximum absolute atomic E-state index is 13.8. The largest absolute Gasteiger partial charge is 0.457 e. The number of allylic oxidation sites excluding steroid dienone is 1. The number of cyclic esters (lactones) is 1. The average molecular weight is 558 g/mol. The molecule has 1 aromatic heterocycles. The maximum atomic E-state index is 13.8. The number of carbonyl (C=O) groups is 2. The van der Waals surface area contributed by atoms with Gasteiger partial charge < -0.3 is 24.4 Å². The fourth-order valence-corrected chi connectivity index (χ4v) is 7.01. The van der Waals surface area contributed by atoms with Gasteiger partial charge in [0.25, 0.3) is 0 Å². The normalized spacial score (nSPS) is 35.7. The minimum atomic E-state index is -1.21. The zero-order chi connectivity index (χ0) is 27.9. The quantitative estimate of drug-likeness (QED) is 0.320. The molecule has 212 valence electrons. The lowest BCUT2D eigenvalue weighted by atomic mass is 9.58. The number of benzene rings is 1. The van der Waals surface area contributed by atoms with E-state index >= 15 is 0 Å². The molecule has 0 amide bonds. The van der Waals surface area contributed by atoms with Gasteiger partial charge in [0.15, 0.2) is 0 Å². The standard InChI is InChI=1S/C30H39NO7S/c1-5-7-20-27(34)17(2)36-13-12-29(4)25(38-29)15-22(19-8-9-23-21(14-19)31-18(3)39-23)37-26(33)16-24(32)30(28(20)35)10-6-11-30/h5,8-9,14,17,20,22,24-25,27,32,34H,1,6-7,10-13,15-16H2,2-4H3/t17-,20-,22+,24+,25+,27-,29-/m1/s1. The molecule has 2 aromatic rings. The molecule has 3 aliphatic rings. The van der Waals surface area contributed by atoms with Crippen LogP contribution >= 0.6 is 11.3 Å². The Bertz CT molecular complexity index is 1240. The van der Waals surface area contributed by atoms with Gasteiger partial charge in [-0.25, -0.2) is 4.98 Å². The van der Waals surface area contributed by atoms with Gasteiger partial charge in [0.1, 0.15) is 11.9 Å². The number of Topliss-reactive ketones (excluding diaryl/α,β-unsaturated/α-hetero) is 1. The van der Waals surface area contributed by atoms with Crippen molar-refractivity contribution in [2.45, 2.75) is 102 Å². The summed E-state index contributed by atoms with van der Waals surface area (Å²) < 4.78 is 19.1. The van der Waals surface area contributed by atoms with E-state index in [0.29, 0.717) is 32.3 Å². The van der Waals surface area contributed by atoms with Gasteiger partial charge in [0, 0.05) is 19.4 Å². The molecule has 3 fully saturated rings. The first kappa shape index (κ1) is 28.4. The maximum Gasteiger partial charge on any atom is 0.309 e. The van der Waals surface area contributed by atoms with E-state index in [9.17, 15) is 19.8 Å². The Labute approximate surface area is 233 Å². The van der Waals surface area contributed by atoms with Crippen molar-refractivity contribution in [1.29, 1.82) is 0 Å². The third-order valence-corrected chi connectivity index (χ3v) is 9.94. The zero-order valence-corrected chi connectivity index (χ0v) is 23.7. The number of aliphatic hydroxyl groups excluding tert-OH is 2. The lowest BCUT2D eigenvalue weighted by Gasteiger charge is -2.46. The van der Waals surface area contributed by atoms with Gasteiger partial charge in [0.05, 0.1) is 63.0 Å². The van der Waals surface area contributed by atoms with Gasteiger partial charge in [-0.15, -0.1) is 17.9 Å². The van der Waals surface area contributed by atoms with Crippen LogP contribution in [0.4, 0.5) is 0 Å². The second-order valence-electron chi connectivity index (χ2n) is 11.6. The van der Waals surface area contributed by atoms with E-state index in [-0.39, 0.29) is 24.7 Å². The molecule has 3 heterocycles. The summed E-state index contributed by atoms with van der Waals surface area (Å²) in [4.78, 5) is 31.7. The van der Waals surface area contributed by atoms with Gasteiger partial charge in [-0.2, -0.15) is 0 Å². The number of fused-ring (bicyclic) bond motifs is 2. The highest BCUT2D eigenvalue weighted by atomic mass is 32.1. The number of esters is 1. The van der Waals surface area contributed by atoms with Crippen LogP contribution in [0.15, 0.2) is 30.9 Å². The average Bonchev–Trinajstić information content (AvgIpc) is 3.32. The summed E-state index contributed by atoms with van der Waals surface area (Å²) >= 11 is 1.61. The third kappa shape index (κ3) is 5.57. The first-order chi connectivity index (χ1) is 18.6. The Kier molecular flexibility index (Phi) is 8.01. The summed E-state index contributed by atoms with van der Waals surface area (Å²) in [5.41, 5.74) is 0.142. The Morgan fingerprint density at radius 3 is 2.69 bits per heavy atom. The Balaban J connectivity index is 1.44. The molecule has 2 N–H and O–H groups in total. The molecule has 5 rings (SSSR count). The Hall–Kier alpha value is -2.17. The number of aliphatic hydroxyl groups is 2. The van der Waals surface area contributed by atoms with Crippen LogP contribution < -0.4 is 0 Å². The highest BCUT2D eigenvalue weighted by Gasteiger charge is 2.55. The molecular formula is C30H39NO7S. The molecule has 39 heavy (non-hydrogen) atoms. The number of thiazole rings is 1. The number of epoxide rings is 1. The summed E-state index contributed by atoms with van der Waals surface area (Å²) in [5.74, 6) is -1.58. The van der Waals surface area contributed by atoms with Crippen LogP contribution in [0, 0.1) is 18.3 Å². The summed E-state index contributed by atoms with van der Waals surface area (Å²) in [5, 5.41) is 23.4. The first-order valence-electron chi connectivity index (χ1n) is 13.9. The third-order valence-electron chi connectivity index (χ3n) is 8.99. The number of ether oxygens (including phenoxy) is 3. The lowest BCUT2D eigenvalue weighted by molar-refractivity contribution is -0.164. The molecule has 7 atom stereocenters. The smallest absolute Gasteiger partial charge is 0.309 e. The van der Waals surface area contributed by atoms with Crippen molar-refractivity contribution in [2.24, 2.45) is 11.3 Å². The molecule has 0 bridgehead atoms. The second kappa shape index (κ2) is 11.0. The van der Waals surface area contributed by atoms with E-state index in [1.165, 1.54) is 0 Å². The van der Waals surface area contributed by atoms with Crippen LogP contribution in [0.25, 0.3) is 10.2 Å². The molecule has 8 nitrogen and oxygen atoms in total. The van der Waals surface area contributed by atoms with Crippen molar-refractivity contribution in [3.63, 3.8) is 0 Å². The van der Waals surface area contributed by atoms with Crippen LogP contribution in [0.5, 0.6) is 0 Å². The number of aromatic nitrogens is 1. The fourth-order valence-electron chi connectivity index (χ4n) is 6.20. The predicted octanol–water partition coefficient (Wildman–Crippen LogP) is 4.59. The van der Waals surface area contributed by atoms with Crippen LogP contribution in [0.1, 0.15) is 75.5 Å². The summed E-state index contributed by atoms with van der Waals surface area (Å²) in [7, 11) is 0.